The number of hydrogen-bond donors (Lipinski definition) is 1. The number of aryl methyl sites for hydroxylation is 2. The highest BCUT2D eigenvalue weighted by molar-refractivity contribution is 7.09. The minimum absolute atomic E-state index is 0.957. The summed E-state index contributed by atoms with van der Waals surface area (Å²) in [5.74, 6) is 0. The summed E-state index contributed by atoms with van der Waals surface area (Å²) in [6.07, 6.45) is 3.19. The van der Waals surface area contributed by atoms with Crippen LogP contribution in [0.5, 0.6) is 0 Å². The van der Waals surface area contributed by atoms with E-state index in [1.54, 1.807) is 11.3 Å². The van der Waals surface area contributed by atoms with E-state index in [0.29, 0.717) is 0 Å². The lowest BCUT2D eigenvalue weighted by Gasteiger charge is -1.99. The topological polar surface area (TPSA) is 24.9 Å². The van der Waals surface area contributed by atoms with Crippen LogP contribution in [0.2, 0.25) is 0 Å². The molecule has 2 rings (SSSR count). The van der Waals surface area contributed by atoms with Gasteiger partial charge in [-0.1, -0.05) is 29.8 Å². The molecule has 0 aliphatic heterocycles. The molecule has 1 aromatic heterocycles. The second-order valence-corrected chi connectivity index (χ2v) is 5.55. The quantitative estimate of drug-likeness (QED) is 0.807. The first-order valence-corrected chi connectivity index (χ1v) is 7.29. The molecule has 1 heterocycles. The van der Waals surface area contributed by atoms with Crippen molar-refractivity contribution in [1.82, 2.24) is 10.3 Å². The highest BCUT2D eigenvalue weighted by atomic mass is 32.1. The summed E-state index contributed by atoms with van der Waals surface area (Å²) in [6, 6.07) is 8.66. The summed E-state index contributed by atoms with van der Waals surface area (Å²) in [7, 11) is 1.99. The largest absolute Gasteiger partial charge is 0.320 e. The van der Waals surface area contributed by atoms with Crippen LogP contribution >= 0.6 is 11.3 Å². The average Bonchev–Trinajstić information content (AvgIpc) is 2.77. The van der Waals surface area contributed by atoms with Gasteiger partial charge in [-0.3, -0.25) is 0 Å². The number of hydrogen-bond acceptors (Lipinski definition) is 3. The minimum Gasteiger partial charge on any atom is -0.320 e. The molecule has 0 radical (unpaired) electrons. The monoisotopic (exact) mass is 260 g/mol. The van der Waals surface area contributed by atoms with Crippen molar-refractivity contribution < 1.29 is 0 Å². The first-order chi connectivity index (χ1) is 8.78. The highest BCUT2D eigenvalue weighted by Gasteiger charge is 2.03. The Labute approximate surface area is 113 Å². The van der Waals surface area contributed by atoms with Gasteiger partial charge in [0.05, 0.1) is 10.7 Å². The Kier molecular flexibility index (Phi) is 4.90. The Morgan fingerprint density at radius 1 is 1.33 bits per heavy atom. The molecule has 0 unspecified atom stereocenters. The Morgan fingerprint density at radius 2 is 2.22 bits per heavy atom. The third-order valence-electron chi connectivity index (χ3n) is 2.90. The van der Waals surface area contributed by atoms with Crippen molar-refractivity contribution in [2.45, 2.75) is 26.2 Å². The molecule has 0 fully saturated rings. The van der Waals surface area contributed by atoms with E-state index in [1.165, 1.54) is 21.8 Å². The van der Waals surface area contributed by atoms with Gasteiger partial charge in [-0.15, -0.1) is 11.3 Å². The van der Waals surface area contributed by atoms with Crippen LogP contribution in [-0.2, 0) is 12.8 Å². The molecule has 3 heteroatoms. The van der Waals surface area contributed by atoms with Gasteiger partial charge in [0, 0.05) is 11.8 Å². The van der Waals surface area contributed by atoms with Gasteiger partial charge in [0.15, 0.2) is 0 Å². The maximum absolute atomic E-state index is 4.70. The van der Waals surface area contributed by atoms with Crippen LogP contribution in [0.4, 0.5) is 0 Å². The van der Waals surface area contributed by atoms with E-state index in [2.05, 4.69) is 41.9 Å². The first-order valence-electron chi connectivity index (χ1n) is 6.41. The third kappa shape index (κ3) is 3.93. The normalized spacial score (nSPS) is 10.8. The summed E-state index contributed by atoms with van der Waals surface area (Å²) in [4.78, 5) is 4.70. The lowest BCUT2D eigenvalue weighted by atomic mass is 10.1. The van der Waals surface area contributed by atoms with Crippen LogP contribution < -0.4 is 5.32 Å². The molecular formula is C15H20N2S. The van der Waals surface area contributed by atoms with Crippen LogP contribution in [0.1, 0.15) is 28.2 Å². The van der Waals surface area contributed by atoms with Gasteiger partial charge in [-0.05, 0) is 38.9 Å². The lowest BCUT2D eigenvalue weighted by molar-refractivity contribution is 0.716. The standard InChI is InChI=1S/C15H20N2S/c1-12-5-3-6-13(9-12)10-15-17-14(11-18-15)7-4-8-16-2/h3,5-6,9,11,16H,4,7-8,10H2,1-2H3. The molecule has 1 N–H and O–H groups in total. The molecular weight excluding hydrogens is 240 g/mol. The number of nitrogens with zero attached hydrogens (tertiary/aromatic N) is 1. The van der Waals surface area contributed by atoms with Crippen LogP contribution in [-0.4, -0.2) is 18.6 Å². The number of aromatic nitrogens is 1. The SMILES string of the molecule is CNCCCc1csc(Cc2cccc(C)c2)n1. The molecule has 2 nitrogen and oxygen atoms in total. The van der Waals surface area contributed by atoms with Gasteiger partial charge in [-0.25, -0.2) is 4.98 Å². The van der Waals surface area contributed by atoms with Crippen molar-refractivity contribution in [3.05, 3.63) is 51.5 Å². The van der Waals surface area contributed by atoms with Gasteiger partial charge < -0.3 is 5.32 Å². The summed E-state index contributed by atoms with van der Waals surface area (Å²) < 4.78 is 0. The van der Waals surface area contributed by atoms with Crippen LogP contribution in [0.25, 0.3) is 0 Å². The Balaban J connectivity index is 1.94. The van der Waals surface area contributed by atoms with E-state index in [0.717, 1.165) is 25.8 Å². The van der Waals surface area contributed by atoms with E-state index >= 15 is 0 Å². The number of rotatable bonds is 6. The van der Waals surface area contributed by atoms with Gasteiger partial charge >= 0.3 is 0 Å². The summed E-state index contributed by atoms with van der Waals surface area (Å²) in [6.45, 7) is 3.19. The first kappa shape index (κ1) is 13.2. The van der Waals surface area contributed by atoms with Crippen LogP contribution in [0, 0.1) is 6.92 Å². The van der Waals surface area contributed by atoms with Crippen LogP contribution in [0.15, 0.2) is 29.6 Å². The van der Waals surface area contributed by atoms with E-state index in [1.807, 2.05) is 7.05 Å². The molecule has 96 valence electrons. The maximum atomic E-state index is 4.70. The van der Waals surface area contributed by atoms with Crippen molar-refractivity contribution in [2.75, 3.05) is 13.6 Å². The molecule has 2 aromatic rings. The van der Waals surface area contributed by atoms with Gasteiger partial charge in [-0.2, -0.15) is 0 Å². The fourth-order valence-corrected chi connectivity index (χ4v) is 2.85. The molecule has 0 saturated carbocycles. The minimum atomic E-state index is 0.957. The van der Waals surface area contributed by atoms with Gasteiger partial charge in [0.25, 0.3) is 0 Å². The van der Waals surface area contributed by atoms with E-state index in [-0.39, 0.29) is 0 Å². The Bertz CT molecular complexity index is 491. The molecule has 0 bridgehead atoms. The Hall–Kier alpha value is -1.19. The zero-order chi connectivity index (χ0) is 12.8. The van der Waals surface area contributed by atoms with Crippen molar-refractivity contribution >= 4 is 11.3 Å². The number of benzene rings is 1. The highest BCUT2D eigenvalue weighted by Crippen LogP contribution is 2.16. The molecule has 0 amide bonds. The third-order valence-corrected chi connectivity index (χ3v) is 3.79. The number of nitrogens with one attached hydrogen (secondary N) is 1. The zero-order valence-corrected chi connectivity index (χ0v) is 11.9. The van der Waals surface area contributed by atoms with Gasteiger partial charge in [0.1, 0.15) is 0 Å². The van der Waals surface area contributed by atoms with E-state index < -0.39 is 0 Å². The fraction of sp³-hybridized carbons (Fsp3) is 0.400. The molecule has 1 aromatic carbocycles. The maximum Gasteiger partial charge on any atom is 0.0972 e. The van der Waals surface area contributed by atoms with Crippen molar-refractivity contribution in [1.29, 1.82) is 0 Å². The predicted molar refractivity (Wildman–Crippen MR) is 78.3 cm³/mol. The second kappa shape index (κ2) is 6.66. The lowest BCUT2D eigenvalue weighted by Crippen LogP contribution is -2.08. The van der Waals surface area contributed by atoms with Crippen LogP contribution in [0.3, 0.4) is 0 Å². The Morgan fingerprint density at radius 3 is 3.00 bits per heavy atom. The molecule has 0 saturated heterocycles. The summed E-state index contributed by atoms with van der Waals surface area (Å²) in [5.41, 5.74) is 3.90. The van der Waals surface area contributed by atoms with E-state index in [4.69, 9.17) is 4.98 Å². The summed E-state index contributed by atoms with van der Waals surface area (Å²) in [5, 5.41) is 6.58. The molecule has 0 aliphatic rings. The average molecular weight is 260 g/mol. The molecule has 0 spiro atoms. The molecule has 18 heavy (non-hydrogen) atoms. The van der Waals surface area contributed by atoms with Crippen molar-refractivity contribution in [2.24, 2.45) is 0 Å². The summed E-state index contributed by atoms with van der Waals surface area (Å²) >= 11 is 1.78. The fourth-order valence-electron chi connectivity index (χ4n) is 1.99. The molecule has 0 aliphatic carbocycles. The zero-order valence-electron chi connectivity index (χ0n) is 11.1. The number of thiazole rings is 1. The van der Waals surface area contributed by atoms with Crippen molar-refractivity contribution in [3.8, 4) is 0 Å². The predicted octanol–water partition coefficient (Wildman–Crippen LogP) is 3.19. The van der Waals surface area contributed by atoms with E-state index in [9.17, 15) is 0 Å². The smallest absolute Gasteiger partial charge is 0.0972 e. The van der Waals surface area contributed by atoms with Crippen molar-refractivity contribution in [3.63, 3.8) is 0 Å². The molecule has 0 atom stereocenters. The van der Waals surface area contributed by atoms with Gasteiger partial charge in [0.2, 0.25) is 0 Å². The second-order valence-electron chi connectivity index (χ2n) is 4.61.